The van der Waals surface area contributed by atoms with E-state index in [2.05, 4.69) is 33.0 Å². The maximum absolute atomic E-state index is 13.3. The molecule has 1 atom stereocenters. The second-order valence-corrected chi connectivity index (χ2v) is 6.54. The second kappa shape index (κ2) is 8.60. The fourth-order valence-electron chi connectivity index (χ4n) is 2.05. The Hall–Kier alpha value is -0.540. The fraction of sp³-hybridized carbons (Fsp3) is 0.625. The van der Waals surface area contributed by atoms with Crippen LogP contribution in [0, 0.1) is 18.7 Å². The lowest BCUT2D eigenvalue weighted by atomic mass is 10.0. The number of halogens is 1. The van der Waals surface area contributed by atoms with E-state index in [1.54, 1.807) is 6.07 Å². The molecule has 0 aliphatic carbocycles. The number of likely N-dealkylation sites (N-methyl/N-ethyl adjacent to an activating group) is 1. The Labute approximate surface area is 121 Å². The van der Waals surface area contributed by atoms with Crippen molar-refractivity contribution >= 4 is 11.8 Å². The van der Waals surface area contributed by atoms with Crippen molar-refractivity contribution in [1.29, 1.82) is 0 Å². The smallest absolute Gasteiger partial charge is 0.123 e. The standard InChI is InChI=1S/C16H26FNS/c1-5-18-16(11-19-10-12(2)3)9-14-8-15(17)7-6-13(14)4/h6-8,12,16,18H,5,9-11H2,1-4H3. The maximum atomic E-state index is 13.3. The summed E-state index contributed by atoms with van der Waals surface area (Å²) in [6, 6.07) is 5.50. The summed E-state index contributed by atoms with van der Waals surface area (Å²) in [5, 5.41) is 3.51. The molecule has 1 rings (SSSR count). The van der Waals surface area contributed by atoms with Crippen LogP contribution in [0.2, 0.25) is 0 Å². The molecule has 1 nitrogen and oxygen atoms in total. The molecular formula is C16H26FNS. The monoisotopic (exact) mass is 283 g/mol. The summed E-state index contributed by atoms with van der Waals surface area (Å²) in [5.74, 6) is 2.86. The molecule has 0 fully saturated rings. The molecule has 0 bridgehead atoms. The normalized spacial score (nSPS) is 12.9. The molecule has 3 heteroatoms. The summed E-state index contributed by atoms with van der Waals surface area (Å²) in [4.78, 5) is 0. The molecule has 1 unspecified atom stereocenters. The van der Waals surface area contributed by atoms with Crippen molar-refractivity contribution in [2.24, 2.45) is 5.92 Å². The molecule has 1 aromatic rings. The van der Waals surface area contributed by atoms with Crippen molar-refractivity contribution in [2.45, 2.75) is 40.2 Å². The van der Waals surface area contributed by atoms with Crippen LogP contribution in [0.15, 0.2) is 18.2 Å². The Bertz CT molecular complexity index is 379. The molecular weight excluding hydrogens is 257 g/mol. The van der Waals surface area contributed by atoms with Crippen molar-refractivity contribution < 1.29 is 4.39 Å². The first-order valence-electron chi connectivity index (χ1n) is 7.09. The molecule has 1 N–H and O–H groups in total. The zero-order chi connectivity index (χ0) is 14.3. The minimum Gasteiger partial charge on any atom is -0.313 e. The van der Waals surface area contributed by atoms with Crippen LogP contribution in [-0.2, 0) is 6.42 Å². The third-order valence-electron chi connectivity index (χ3n) is 3.04. The average molecular weight is 283 g/mol. The van der Waals surface area contributed by atoms with Crippen LogP contribution < -0.4 is 5.32 Å². The van der Waals surface area contributed by atoms with Crippen LogP contribution in [0.4, 0.5) is 4.39 Å². The molecule has 0 saturated heterocycles. The summed E-state index contributed by atoms with van der Waals surface area (Å²) in [7, 11) is 0. The first-order valence-corrected chi connectivity index (χ1v) is 8.24. The lowest BCUT2D eigenvalue weighted by Gasteiger charge is -2.19. The van der Waals surface area contributed by atoms with Crippen molar-refractivity contribution in [3.63, 3.8) is 0 Å². The Morgan fingerprint density at radius 1 is 1.26 bits per heavy atom. The van der Waals surface area contributed by atoms with Crippen molar-refractivity contribution in [3.05, 3.63) is 35.1 Å². The van der Waals surface area contributed by atoms with E-state index in [9.17, 15) is 4.39 Å². The van der Waals surface area contributed by atoms with Gasteiger partial charge in [-0.25, -0.2) is 4.39 Å². The molecule has 0 heterocycles. The highest BCUT2D eigenvalue weighted by atomic mass is 32.2. The van der Waals surface area contributed by atoms with Crippen molar-refractivity contribution in [3.8, 4) is 0 Å². The number of rotatable bonds is 8. The summed E-state index contributed by atoms with van der Waals surface area (Å²) in [5.41, 5.74) is 2.30. The molecule has 19 heavy (non-hydrogen) atoms. The highest BCUT2D eigenvalue weighted by molar-refractivity contribution is 7.99. The van der Waals surface area contributed by atoms with E-state index >= 15 is 0 Å². The maximum Gasteiger partial charge on any atom is 0.123 e. The van der Waals surface area contributed by atoms with Crippen LogP contribution in [0.25, 0.3) is 0 Å². The molecule has 0 aliphatic rings. The average Bonchev–Trinajstić information content (AvgIpc) is 2.33. The molecule has 108 valence electrons. The van der Waals surface area contributed by atoms with Gasteiger partial charge in [0.05, 0.1) is 0 Å². The van der Waals surface area contributed by atoms with Gasteiger partial charge in [-0.15, -0.1) is 0 Å². The van der Waals surface area contributed by atoms with Crippen LogP contribution in [0.1, 0.15) is 31.9 Å². The summed E-state index contributed by atoms with van der Waals surface area (Å²) >= 11 is 1.98. The largest absolute Gasteiger partial charge is 0.313 e. The van der Waals surface area contributed by atoms with E-state index in [0.29, 0.717) is 6.04 Å². The van der Waals surface area contributed by atoms with E-state index in [1.165, 1.54) is 17.4 Å². The Kier molecular flexibility index (Phi) is 7.47. The van der Waals surface area contributed by atoms with Gasteiger partial charge in [0.1, 0.15) is 5.82 Å². The summed E-state index contributed by atoms with van der Waals surface area (Å²) in [6.45, 7) is 9.62. The van der Waals surface area contributed by atoms with Crippen LogP contribution in [-0.4, -0.2) is 24.1 Å². The molecule has 1 aromatic carbocycles. The number of hydrogen-bond donors (Lipinski definition) is 1. The van der Waals surface area contributed by atoms with Gasteiger partial charge in [0.2, 0.25) is 0 Å². The number of thioether (sulfide) groups is 1. The zero-order valence-corrected chi connectivity index (χ0v) is 13.3. The molecule has 0 radical (unpaired) electrons. The van der Waals surface area contributed by atoms with Gasteiger partial charge in [-0.3, -0.25) is 0 Å². The minimum absolute atomic E-state index is 0.134. The van der Waals surface area contributed by atoms with E-state index in [0.717, 1.165) is 30.2 Å². The highest BCUT2D eigenvalue weighted by Crippen LogP contribution is 2.16. The van der Waals surface area contributed by atoms with Gasteiger partial charge in [-0.05, 0) is 54.8 Å². The molecule has 0 spiro atoms. The van der Waals surface area contributed by atoms with E-state index < -0.39 is 0 Å². The lowest BCUT2D eigenvalue weighted by molar-refractivity contribution is 0.566. The summed E-state index contributed by atoms with van der Waals surface area (Å²) < 4.78 is 13.3. The second-order valence-electron chi connectivity index (χ2n) is 5.46. The third kappa shape index (κ3) is 6.44. The number of nitrogens with one attached hydrogen (secondary N) is 1. The number of benzene rings is 1. The van der Waals surface area contributed by atoms with Crippen LogP contribution in [0.5, 0.6) is 0 Å². The van der Waals surface area contributed by atoms with Gasteiger partial charge in [-0.1, -0.05) is 26.8 Å². The number of hydrogen-bond acceptors (Lipinski definition) is 2. The SMILES string of the molecule is CCNC(CSCC(C)C)Cc1cc(F)ccc1C. The van der Waals surface area contributed by atoms with Gasteiger partial charge in [0.25, 0.3) is 0 Å². The first kappa shape index (κ1) is 16.5. The predicted octanol–water partition coefficient (Wildman–Crippen LogP) is 4.04. The zero-order valence-electron chi connectivity index (χ0n) is 12.5. The van der Waals surface area contributed by atoms with Gasteiger partial charge < -0.3 is 5.32 Å². The first-order chi connectivity index (χ1) is 9.02. The van der Waals surface area contributed by atoms with E-state index in [-0.39, 0.29) is 5.82 Å². The quantitative estimate of drug-likeness (QED) is 0.772. The van der Waals surface area contributed by atoms with Gasteiger partial charge in [0, 0.05) is 11.8 Å². The van der Waals surface area contributed by atoms with Crippen molar-refractivity contribution in [2.75, 3.05) is 18.1 Å². The van der Waals surface area contributed by atoms with Crippen LogP contribution in [0.3, 0.4) is 0 Å². The Morgan fingerprint density at radius 2 is 2.00 bits per heavy atom. The predicted molar refractivity (Wildman–Crippen MR) is 84.5 cm³/mol. The minimum atomic E-state index is -0.134. The topological polar surface area (TPSA) is 12.0 Å². The molecule has 0 amide bonds. The Balaban J connectivity index is 2.58. The van der Waals surface area contributed by atoms with Gasteiger partial charge in [0.15, 0.2) is 0 Å². The fourth-order valence-corrected chi connectivity index (χ4v) is 3.18. The molecule has 0 saturated carbocycles. The van der Waals surface area contributed by atoms with E-state index in [1.807, 2.05) is 17.8 Å². The summed E-state index contributed by atoms with van der Waals surface area (Å²) in [6.07, 6.45) is 0.905. The van der Waals surface area contributed by atoms with Gasteiger partial charge in [-0.2, -0.15) is 11.8 Å². The number of aryl methyl sites for hydroxylation is 1. The molecule has 0 aromatic heterocycles. The van der Waals surface area contributed by atoms with Crippen molar-refractivity contribution in [1.82, 2.24) is 5.32 Å². The Morgan fingerprint density at radius 3 is 2.63 bits per heavy atom. The lowest BCUT2D eigenvalue weighted by Crippen LogP contribution is -2.33. The highest BCUT2D eigenvalue weighted by Gasteiger charge is 2.11. The van der Waals surface area contributed by atoms with E-state index in [4.69, 9.17) is 0 Å². The van der Waals surface area contributed by atoms with Crippen LogP contribution >= 0.6 is 11.8 Å². The van der Waals surface area contributed by atoms with Gasteiger partial charge >= 0.3 is 0 Å². The molecule has 0 aliphatic heterocycles. The third-order valence-corrected chi connectivity index (χ3v) is 4.58.